The van der Waals surface area contributed by atoms with Crippen LogP contribution in [-0.2, 0) is 0 Å². The van der Waals surface area contributed by atoms with Crippen LogP contribution in [0.3, 0.4) is 0 Å². The summed E-state index contributed by atoms with van der Waals surface area (Å²) in [6.07, 6.45) is 2.64. The average molecular weight is 248 g/mol. The highest BCUT2D eigenvalue weighted by Gasteiger charge is 2.25. The fourth-order valence-corrected chi connectivity index (χ4v) is 2.09. The zero-order chi connectivity index (χ0) is 13.1. The van der Waals surface area contributed by atoms with Crippen molar-refractivity contribution in [2.75, 3.05) is 25.5 Å². The lowest BCUT2D eigenvalue weighted by molar-refractivity contribution is 0.0696. The predicted octanol–water partition coefficient (Wildman–Crippen LogP) is 2.20. The van der Waals surface area contributed by atoms with Gasteiger partial charge in [-0.1, -0.05) is 0 Å². The molecule has 0 spiro atoms. The van der Waals surface area contributed by atoms with Gasteiger partial charge in [-0.15, -0.1) is 0 Å². The number of carboxylic acid groups (broad SMARTS) is 1. The second-order valence-corrected chi connectivity index (χ2v) is 4.97. The van der Waals surface area contributed by atoms with E-state index >= 15 is 0 Å². The average Bonchev–Trinajstić information content (AvgIpc) is 3.12. The quantitative estimate of drug-likeness (QED) is 0.810. The van der Waals surface area contributed by atoms with E-state index in [0.717, 1.165) is 30.4 Å². The summed E-state index contributed by atoms with van der Waals surface area (Å²) in [5, 5.41) is 12.3. The lowest BCUT2D eigenvalue weighted by atomic mass is 10.1. The lowest BCUT2D eigenvalue weighted by Crippen LogP contribution is -2.27. The number of carbonyl (C=O) groups is 1. The zero-order valence-electron chi connectivity index (χ0n) is 10.9. The Bertz CT molecular complexity index is 441. The van der Waals surface area contributed by atoms with Crippen molar-refractivity contribution in [2.45, 2.75) is 25.8 Å². The van der Waals surface area contributed by atoms with Crippen molar-refractivity contribution in [3.63, 3.8) is 0 Å². The van der Waals surface area contributed by atoms with Crippen LogP contribution in [-0.4, -0.2) is 42.2 Å². The molecule has 0 atom stereocenters. The minimum Gasteiger partial charge on any atom is -0.478 e. The Hall–Kier alpha value is -1.55. The van der Waals surface area contributed by atoms with E-state index in [9.17, 15) is 4.79 Å². The molecule has 0 aliphatic heterocycles. The van der Waals surface area contributed by atoms with Crippen LogP contribution in [0.4, 0.5) is 5.69 Å². The molecule has 1 aliphatic rings. The van der Waals surface area contributed by atoms with Crippen LogP contribution in [0.15, 0.2) is 18.2 Å². The number of hydrogen-bond donors (Lipinski definition) is 2. The molecular weight excluding hydrogens is 228 g/mol. The van der Waals surface area contributed by atoms with Crippen molar-refractivity contribution in [3.05, 3.63) is 29.3 Å². The van der Waals surface area contributed by atoms with E-state index in [1.165, 1.54) is 12.8 Å². The van der Waals surface area contributed by atoms with Crippen LogP contribution in [0.25, 0.3) is 0 Å². The SMILES string of the molecule is Cc1cc(NCCN(C)C2CC2)ccc1C(=O)O. The van der Waals surface area contributed by atoms with Gasteiger partial charge in [0.25, 0.3) is 0 Å². The predicted molar refractivity (Wildman–Crippen MR) is 72.3 cm³/mol. The molecule has 1 aliphatic carbocycles. The lowest BCUT2D eigenvalue weighted by Gasteiger charge is -2.16. The summed E-state index contributed by atoms with van der Waals surface area (Å²) in [5.74, 6) is -0.868. The summed E-state index contributed by atoms with van der Waals surface area (Å²) in [6, 6.07) is 6.15. The van der Waals surface area contributed by atoms with Gasteiger partial charge in [-0.2, -0.15) is 0 Å². The molecule has 1 saturated carbocycles. The van der Waals surface area contributed by atoms with E-state index in [4.69, 9.17) is 5.11 Å². The molecule has 1 aromatic carbocycles. The highest BCUT2D eigenvalue weighted by atomic mass is 16.4. The molecule has 0 aromatic heterocycles. The van der Waals surface area contributed by atoms with Crippen molar-refractivity contribution in [2.24, 2.45) is 0 Å². The minimum atomic E-state index is -0.868. The molecule has 1 fully saturated rings. The van der Waals surface area contributed by atoms with Gasteiger partial charge >= 0.3 is 5.97 Å². The first-order valence-corrected chi connectivity index (χ1v) is 6.36. The summed E-state index contributed by atoms with van der Waals surface area (Å²) < 4.78 is 0. The first kappa shape index (κ1) is 12.9. The topological polar surface area (TPSA) is 52.6 Å². The van der Waals surface area contributed by atoms with E-state index < -0.39 is 5.97 Å². The first-order valence-electron chi connectivity index (χ1n) is 6.36. The van der Waals surface area contributed by atoms with Crippen LogP contribution in [0, 0.1) is 6.92 Å². The van der Waals surface area contributed by atoms with Crippen molar-refractivity contribution in [1.82, 2.24) is 4.90 Å². The van der Waals surface area contributed by atoms with Gasteiger partial charge in [0.15, 0.2) is 0 Å². The van der Waals surface area contributed by atoms with Crippen molar-refractivity contribution < 1.29 is 9.90 Å². The summed E-state index contributed by atoms with van der Waals surface area (Å²) in [4.78, 5) is 13.3. The second-order valence-electron chi connectivity index (χ2n) is 4.97. The molecule has 2 N–H and O–H groups in total. The number of carboxylic acids is 1. The number of aromatic carboxylic acids is 1. The van der Waals surface area contributed by atoms with Gasteiger partial charge in [-0.25, -0.2) is 4.79 Å². The molecular formula is C14H20N2O2. The maximum Gasteiger partial charge on any atom is 0.335 e. The van der Waals surface area contributed by atoms with E-state index in [1.54, 1.807) is 6.07 Å². The van der Waals surface area contributed by atoms with Crippen molar-refractivity contribution in [1.29, 1.82) is 0 Å². The molecule has 0 heterocycles. The Morgan fingerprint density at radius 2 is 2.22 bits per heavy atom. The van der Waals surface area contributed by atoms with E-state index in [2.05, 4.69) is 17.3 Å². The molecule has 98 valence electrons. The van der Waals surface area contributed by atoms with Gasteiger partial charge in [0.2, 0.25) is 0 Å². The van der Waals surface area contributed by atoms with Crippen LogP contribution in [0.2, 0.25) is 0 Å². The van der Waals surface area contributed by atoms with Crippen molar-refractivity contribution >= 4 is 11.7 Å². The Kier molecular flexibility index (Phi) is 3.87. The van der Waals surface area contributed by atoms with Gasteiger partial charge in [0.05, 0.1) is 5.56 Å². The maximum absolute atomic E-state index is 10.9. The molecule has 4 nitrogen and oxygen atoms in total. The number of nitrogens with zero attached hydrogens (tertiary/aromatic N) is 1. The van der Waals surface area contributed by atoms with Crippen LogP contribution in [0.5, 0.6) is 0 Å². The molecule has 0 radical (unpaired) electrons. The highest BCUT2D eigenvalue weighted by Crippen LogP contribution is 2.24. The number of benzene rings is 1. The standard InChI is InChI=1S/C14H20N2O2/c1-10-9-11(3-6-13(10)14(17)18)15-7-8-16(2)12-4-5-12/h3,6,9,12,15H,4-5,7-8H2,1-2H3,(H,17,18). The smallest absolute Gasteiger partial charge is 0.335 e. The largest absolute Gasteiger partial charge is 0.478 e. The number of likely N-dealkylation sites (N-methyl/N-ethyl adjacent to an activating group) is 1. The van der Waals surface area contributed by atoms with Gasteiger partial charge in [-0.3, -0.25) is 0 Å². The maximum atomic E-state index is 10.9. The van der Waals surface area contributed by atoms with Crippen LogP contribution >= 0.6 is 0 Å². The summed E-state index contributed by atoms with van der Waals surface area (Å²) in [7, 11) is 2.15. The van der Waals surface area contributed by atoms with Crippen molar-refractivity contribution in [3.8, 4) is 0 Å². The molecule has 4 heteroatoms. The van der Waals surface area contributed by atoms with E-state index in [0.29, 0.717) is 5.56 Å². The number of rotatable bonds is 6. The Balaban J connectivity index is 1.85. The molecule has 0 unspecified atom stereocenters. The van der Waals surface area contributed by atoms with Gasteiger partial charge < -0.3 is 15.3 Å². The van der Waals surface area contributed by atoms with Gasteiger partial charge in [-0.05, 0) is 50.6 Å². The third-order valence-electron chi connectivity index (χ3n) is 3.42. The summed E-state index contributed by atoms with van der Waals surface area (Å²) in [6.45, 7) is 3.73. The Morgan fingerprint density at radius 3 is 2.78 bits per heavy atom. The third kappa shape index (κ3) is 3.23. The zero-order valence-corrected chi connectivity index (χ0v) is 10.9. The minimum absolute atomic E-state index is 0.371. The van der Waals surface area contributed by atoms with Crippen LogP contribution < -0.4 is 5.32 Å². The third-order valence-corrected chi connectivity index (χ3v) is 3.42. The Morgan fingerprint density at radius 1 is 1.50 bits per heavy atom. The normalized spacial score (nSPS) is 14.8. The number of nitrogens with one attached hydrogen (secondary N) is 1. The van der Waals surface area contributed by atoms with Crippen LogP contribution in [0.1, 0.15) is 28.8 Å². The van der Waals surface area contributed by atoms with E-state index in [1.807, 2.05) is 19.1 Å². The fourth-order valence-electron chi connectivity index (χ4n) is 2.09. The number of aryl methyl sites for hydroxylation is 1. The van der Waals surface area contributed by atoms with E-state index in [-0.39, 0.29) is 0 Å². The molecule has 1 aromatic rings. The fraction of sp³-hybridized carbons (Fsp3) is 0.500. The molecule has 0 amide bonds. The monoisotopic (exact) mass is 248 g/mol. The number of hydrogen-bond acceptors (Lipinski definition) is 3. The molecule has 18 heavy (non-hydrogen) atoms. The summed E-state index contributed by atoms with van der Waals surface area (Å²) >= 11 is 0. The molecule has 0 saturated heterocycles. The highest BCUT2D eigenvalue weighted by molar-refractivity contribution is 5.89. The van der Waals surface area contributed by atoms with Gasteiger partial charge in [0.1, 0.15) is 0 Å². The van der Waals surface area contributed by atoms with Gasteiger partial charge in [0, 0.05) is 24.8 Å². The molecule has 2 rings (SSSR count). The summed E-state index contributed by atoms with van der Waals surface area (Å²) in [5.41, 5.74) is 2.15. The Labute approximate surface area is 108 Å². The molecule has 0 bridgehead atoms. The number of anilines is 1. The second kappa shape index (κ2) is 5.40. The first-order chi connectivity index (χ1) is 8.58.